The van der Waals surface area contributed by atoms with E-state index in [-0.39, 0.29) is 17.7 Å². The lowest BCUT2D eigenvalue weighted by molar-refractivity contribution is -0.135. The van der Waals surface area contributed by atoms with Crippen LogP contribution in [0.25, 0.3) is 0 Å². The van der Waals surface area contributed by atoms with Crippen molar-refractivity contribution < 1.29 is 9.59 Å². The Morgan fingerprint density at radius 2 is 2.00 bits per heavy atom. The molecule has 1 aromatic rings. The van der Waals surface area contributed by atoms with Gasteiger partial charge in [-0.15, -0.1) is 0 Å². The Morgan fingerprint density at radius 3 is 2.68 bits per heavy atom. The van der Waals surface area contributed by atoms with Crippen LogP contribution < -0.4 is 10.2 Å². The third-order valence-electron chi connectivity index (χ3n) is 4.85. The molecule has 0 spiro atoms. The topological polar surface area (TPSA) is 52.7 Å². The van der Waals surface area contributed by atoms with Gasteiger partial charge in [0, 0.05) is 44.0 Å². The van der Waals surface area contributed by atoms with Crippen molar-refractivity contribution in [3.63, 3.8) is 0 Å². The summed E-state index contributed by atoms with van der Waals surface area (Å²) in [5, 5.41) is 2.92. The van der Waals surface area contributed by atoms with E-state index >= 15 is 0 Å². The molecule has 1 saturated heterocycles. The third kappa shape index (κ3) is 4.97. The number of benzene rings is 1. The molecule has 1 fully saturated rings. The van der Waals surface area contributed by atoms with Gasteiger partial charge in [0.2, 0.25) is 5.91 Å². The third-order valence-corrected chi connectivity index (χ3v) is 4.85. The summed E-state index contributed by atoms with van der Waals surface area (Å²) in [6.45, 7) is 9.97. The monoisotopic (exact) mass is 345 g/mol. The van der Waals surface area contributed by atoms with E-state index in [4.69, 9.17) is 0 Å². The average Bonchev–Trinajstić information content (AvgIpc) is 2.67. The van der Waals surface area contributed by atoms with Gasteiger partial charge in [-0.3, -0.25) is 9.59 Å². The van der Waals surface area contributed by atoms with Crippen molar-refractivity contribution in [1.29, 1.82) is 0 Å². The van der Waals surface area contributed by atoms with Crippen LogP contribution in [0.15, 0.2) is 24.3 Å². The number of hydrogen-bond donors (Lipinski definition) is 1. The van der Waals surface area contributed by atoms with Crippen LogP contribution in [0.2, 0.25) is 0 Å². The van der Waals surface area contributed by atoms with Gasteiger partial charge in [-0.1, -0.05) is 13.0 Å². The molecule has 5 heteroatoms. The van der Waals surface area contributed by atoms with Crippen molar-refractivity contribution in [2.24, 2.45) is 5.92 Å². The summed E-state index contributed by atoms with van der Waals surface area (Å²) in [6, 6.07) is 7.74. The highest BCUT2D eigenvalue weighted by molar-refractivity contribution is 5.95. The number of hydrogen-bond acceptors (Lipinski definition) is 3. The van der Waals surface area contributed by atoms with E-state index in [0.29, 0.717) is 12.1 Å². The average molecular weight is 345 g/mol. The highest BCUT2D eigenvalue weighted by Gasteiger charge is 2.28. The Kier molecular flexibility index (Phi) is 7.29. The van der Waals surface area contributed by atoms with Crippen LogP contribution in [0.4, 0.5) is 5.69 Å². The molecule has 0 saturated carbocycles. The van der Waals surface area contributed by atoms with Gasteiger partial charge in [-0.05, 0) is 51.3 Å². The van der Waals surface area contributed by atoms with Crippen LogP contribution in [0.3, 0.4) is 0 Å². The molecule has 25 heavy (non-hydrogen) atoms. The van der Waals surface area contributed by atoms with E-state index in [1.807, 2.05) is 49.9 Å². The van der Waals surface area contributed by atoms with Crippen LogP contribution >= 0.6 is 0 Å². The van der Waals surface area contributed by atoms with E-state index in [2.05, 4.69) is 10.2 Å². The first kappa shape index (κ1) is 19.3. The Hall–Kier alpha value is -2.04. The van der Waals surface area contributed by atoms with Gasteiger partial charge in [-0.2, -0.15) is 0 Å². The van der Waals surface area contributed by atoms with Gasteiger partial charge in [0.15, 0.2) is 0 Å². The van der Waals surface area contributed by atoms with Gasteiger partial charge < -0.3 is 15.1 Å². The van der Waals surface area contributed by atoms with Crippen LogP contribution in [0.1, 0.15) is 50.4 Å². The maximum atomic E-state index is 12.7. The van der Waals surface area contributed by atoms with Gasteiger partial charge in [-0.25, -0.2) is 0 Å². The highest BCUT2D eigenvalue weighted by Crippen LogP contribution is 2.25. The number of piperidine rings is 1. The smallest absolute Gasteiger partial charge is 0.251 e. The summed E-state index contributed by atoms with van der Waals surface area (Å²) in [6.07, 6.45) is 2.87. The van der Waals surface area contributed by atoms with E-state index < -0.39 is 0 Å². The molecule has 138 valence electrons. The maximum Gasteiger partial charge on any atom is 0.251 e. The number of nitrogens with zero attached hydrogens (tertiary/aromatic N) is 2. The summed E-state index contributed by atoms with van der Waals surface area (Å²) in [7, 11) is 0. The molecule has 0 aromatic heterocycles. The van der Waals surface area contributed by atoms with Crippen molar-refractivity contribution in [3.05, 3.63) is 29.8 Å². The number of amides is 2. The standard InChI is InChI=1S/C20H31N3O2/c1-4-12-21-19(24)16-9-7-11-18(14-16)23-13-8-10-17(15-23)20(25)22(5-2)6-3/h7,9,11,14,17H,4-6,8,10,12-13,15H2,1-3H3,(H,21,24). The summed E-state index contributed by atoms with van der Waals surface area (Å²) in [5.41, 5.74) is 1.71. The SMILES string of the molecule is CCCNC(=O)c1cccc(N2CCCC(C(=O)N(CC)CC)C2)c1. The van der Waals surface area contributed by atoms with Gasteiger partial charge in [0.1, 0.15) is 0 Å². The minimum Gasteiger partial charge on any atom is -0.371 e. The zero-order chi connectivity index (χ0) is 18.2. The number of carbonyl (C=O) groups is 2. The zero-order valence-electron chi connectivity index (χ0n) is 15.8. The number of rotatable bonds is 7. The Balaban J connectivity index is 2.08. The zero-order valence-corrected chi connectivity index (χ0v) is 15.8. The molecule has 1 unspecified atom stereocenters. The van der Waals surface area contributed by atoms with Crippen LogP contribution in [-0.2, 0) is 4.79 Å². The van der Waals surface area contributed by atoms with Crippen LogP contribution in [-0.4, -0.2) is 49.4 Å². The molecule has 2 rings (SSSR count). The summed E-state index contributed by atoms with van der Waals surface area (Å²) < 4.78 is 0. The van der Waals surface area contributed by atoms with Crippen molar-refractivity contribution in [2.45, 2.75) is 40.0 Å². The molecule has 1 aliphatic rings. The molecule has 1 aromatic carbocycles. The minimum atomic E-state index is -0.0310. The lowest BCUT2D eigenvalue weighted by Gasteiger charge is -2.36. The molecule has 1 aliphatic heterocycles. The van der Waals surface area contributed by atoms with Crippen molar-refractivity contribution >= 4 is 17.5 Å². The molecule has 5 nitrogen and oxygen atoms in total. The van der Waals surface area contributed by atoms with Crippen LogP contribution in [0, 0.1) is 5.92 Å². The first-order chi connectivity index (χ1) is 12.1. The van der Waals surface area contributed by atoms with E-state index in [0.717, 1.165) is 51.1 Å². The maximum absolute atomic E-state index is 12.7. The van der Waals surface area contributed by atoms with Gasteiger partial charge >= 0.3 is 0 Å². The van der Waals surface area contributed by atoms with Gasteiger partial charge in [0.25, 0.3) is 5.91 Å². The van der Waals surface area contributed by atoms with Crippen molar-refractivity contribution in [3.8, 4) is 0 Å². The van der Waals surface area contributed by atoms with Gasteiger partial charge in [0.05, 0.1) is 5.92 Å². The fraction of sp³-hybridized carbons (Fsp3) is 0.600. The molecule has 2 amide bonds. The largest absolute Gasteiger partial charge is 0.371 e. The fourth-order valence-electron chi connectivity index (χ4n) is 3.39. The summed E-state index contributed by atoms with van der Waals surface area (Å²) in [4.78, 5) is 29.0. The highest BCUT2D eigenvalue weighted by atomic mass is 16.2. The second kappa shape index (κ2) is 9.44. The van der Waals surface area contributed by atoms with Crippen molar-refractivity contribution in [1.82, 2.24) is 10.2 Å². The van der Waals surface area contributed by atoms with E-state index in [1.165, 1.54) is 0 Å². The van der Waals surface area contributed by atoms with E-state index in [1.54, 1.807) is 0 Å². The lowest BCUT2D eigenvalue weighted by atomic mass is 9.95. The number of anilines is 1. The summed E-state index contributed by atoms with van der Waals surface area (Å²) in [5.74, 6) is 0.272. The second-order valence-corrected chi connectivity index (χ2v) is 6.60. The Bertz CT molecular complexity index is 584. The quantitative estimate of drug-likeness (QED) is 0.827. The normalized spacial score (nSPS) is 17.2. The molecule has 0 radical (unpaired) electrons. The van der Waals surface area contributed by atoms with E-state index in [9.17, 15) is 9.59 Å². The molecular formula is C20H31N3O2. The number of carbonyl (C=O) groups excluding carboxylic acids is 2. The first-order valence-corrected chi connectivity index (χ1v) is 9.52. The predicted molar refractivity (Wildman–Crippen MR) is 102 cm³/mol. The molecule has 1 heterocycles. The fourth-order valence-corrected chi connectivity index (χ4v) is 3.39. The number of nitrogens with one attached hydrogen (secondary N) is 1. The summed E-state index contributed by atoms with van der Waals surface area (Å²) >= 11 is 0. The first-order valence-electron chi connectivity index (χ1n) is 9.52. The van der Waals surface area contributed by atoms with Crippen LogP contribution in [0.5, 0.6) is 0 Å². The van der Waals surface area contributed by atoms with Crippen molar-refractivity contribution in [2.75, 3.05) is 37.6 Å². The molecule has 1 N–H and O–H groups in total. The molecule has 0 bridgehead atoms. The molecule has 0 aliphatic carbocycles. The minimum absolute atomic E-state index is 0.0310. The Morgan fingerprint density at radius 1 is 1.24 bits per heavy atom. The Labute approximate surface area is 151 Å². The second-order valence-electron chi connectivity index (χ2n) is 6.60. The lowest BCUT2D eigenvalue weighted by Crippen LogP contribution is -2.45. The molecular weight excluding hydrogens is 314 g/mol. The molecule has 1 atom stereocenters. The predicted octanol–water partition coefficient (Wildman–Crippen LogP) is 2.91.